The van der Waals surface area contributed by atoms with E-state index >= 15 is 0 Å². The van der Waals surface area contributed by atoms with Crippen LogP contribution in [-0.4, -0.2) is 23.3 Å². The molecule has 5 nitrogen and oxygen atoms in total. The van der Waals surface area contributed by atoms with Crippen LogP contribution < -0.4 is 10.9 Å². The Kier molecular flexibility index (Phi) is 5.01. The van der Waals surface area contributed by atoms with Crippen LogP contribution >= 0.6 is 11.6 Å². The Morgan fingerprint density at radius 3 is 2.71 bits per heavy atom. The van der Waals surface area contributed by atoms with E-state index in [1.807, 2.05) is 30.3 Å². The van der Waals surface area contributed by atoms with Gasteiger partial charge in [-0.2, -0.15) is 0 Å². The number of rotatable bonds is 5. The lowest BCUT2D eigenvalue weighted by Gasteiger charge is -2.17. The predicted molar refractivity (Wildman–Crippen MR) is 93.2 cm³/mol. The SMILES string of the molecule is O=C(NNc1cccc(Cl)c1)[C@H]1CC(=O)N(Cc2ccccc2)C1. The number of hydrogen-bond acceptors (Lipinski definition) is 3. The molecule has 1 saturated heterocycles. The zero-order chi connectivity index (χ0) is 16.9. The van der Waals surface area contributed by atoms with Crippen molar-refractivity contribution in [2.45, 2.75) is 13.0 Å². The second-order valence-corrected chi connectivity index (χ2v) is 6.22. The second-order valence-electron chi connectivity index (χ2n) is 5.79. The highest BCUT2D eigenvalue weighted by Gasteiger charge is 2.34. The molecule has 0 bridgehead atoms. The number of benzene rings is 2. The van der Waals surface area contributed by atoms with E-state index in [2.05, 4.69) is 10.9 Å². The van der Waals surface area contributed by atoms with Gasteiger partial charge in [-0.05, 0) is 23.8 Å². The summed E-state index contributed by atoms with van der Waals surface area (Å²) in [6.45, 7) is 0.960. The lowest BCUT2D eigenvalue weighted by Crippen LogP contribution is -2.36. The molecule has 2 amide bonds. The lowest BCUT2D eigenvalue weighted by atomic mass is 10.1. The number of likely N-dealkylation sites (tertiary alicyclic amines) is 1. The van der Waals surface area contributed by atoms with Crippen molar-refractivity contribution in [3.05, 3.63) is 65.2 Å². The predicted octanol–water partition coefficient (Wildman–Crippen LogP) is 2.83. The Labute approximate surface area is 145 Å². The number of anilines is 1. The molecule has 0 spiro atoms. The number of nitrogens with zero attached hydrogens (tertiary/aromatic N) is 1. The van der Waals surface area contributed by atoms with Gasteiger partial charge in [-0.1, -0.05) is 48.0 Å². The summed E-state index contributed by atoms with van der Waals surface area (Å²) in [5, 5.41) is 0.583. The Balaban J connectivity index is 1.54. The van der Waals surface area contributed by atoms with Gasteiger partial charge in [-0.25, -0.2) is 0 Å². The van der Waals surface area contributed by atoms with E-state index in [0.29, 0.717) is 23.8 Å². The maximum Gasteiger partial charge on any atom is 0.243 e. The number of carbonyl (C=O) groups excluding carboxylic acids is 2. The minimum atomic E-state index is -0.354. The van der Waals surface area contributed by atoms with Gasteiger partial charge in [0.2, 0.25) is 11.8 Å². The topological polar surface area (TPSA) is 61.4 Å². The van der Waals surface area contributed by atoms with Crippen LogP contribution in [0.2, 0.25) is 5.02 Å². The van der Waals surface area contributed by atoms with Crippen molar-refractivity contribution in [2.75, 3.05) is 12.0 Å². The van der Waals surface area contributed by atoms with E-state index in [4.69, 9.17) is 11.6 Å². The van der Waals surface area contributed by atoms with Gasteiger partial charge >= 0.3 is 0 Å². The zero-order valence-corrected chi connectivity index (χ0v) is 13.8. The Morgan fingerprint density at radius 1 is 1.17 bits per heavy atom. The van der Waals surface area contributed by atoms with Crippen LogP contribution in [0.1, 0.15) is 12.0 Å². The maximum absolute atomic E-state index is 12.3. The molecule has 0 radical (unpaired) electrons. The van der Waals surface area contributed by atoms with Gasteiger partial charge in [-0.3, -0.25) is 20.4 Å². The number of amides is 2. The fraction of sp³-hybridized carbons (Fsp3) is 0.222. The first-order chi connectivity index (χ1) is 11.6. The zero-order valence-electron chi connectivity index (χ0n) is 13.0. The van der Waals surface area contributed by atoms with Gasteiger partial charge in [0.15, 0.2) is 0 Å². The number of hydrazine groups is 1. The van der Waals surface area contributed by atoms with Crippen molar-refractivity contribution in [2.24, 2.45) is 5.92 Å². The number of halogens is 1. The third-order valence-electron chi connectivity index (χ3n) is 3.96. The molecule has 0 aromatic heterocycles. The molecule has 1 aliphatic rings. The van der Waals surface area contributed by atoms with Crippen molar-refractivity contribution in [3.8, 4) is 0 Å². The fourth-order valence-corrected chi connectivity index (χ4v) is 2.90. The molecule has 3 rings (SSSR count). The van der Waals surface area contributed by atoms with Crippen LogP contribution in [0.15, 0.2) is 54.6 Å². The largest absolute Gasteiger partial charge is 0.338 e. The molecule has 24 heavy (non-hydrogen) atoms. The molecule has 0 aliphatic carbocycles. The first-order valence-electron chi connectivity index (χ1n) is 7.75. The number of hydrogen-bond donors (Lipinski definition) is 2. The van der Waals surface area contributed by atoms with E-state index < -0.39 is 0 Å². The molecule has 124 valence electrons. The van der Waals surface area contributed by atoms with E-state index in [9.17, 15) is 9.59 Å². The molecule has 2 N–H and O–H groups in total. The second kappa shape index (κ2) is 7.36. The van der Waals surface area contributed by atoms with E-state index in [1.54, 1.807) is 29.2 Å². The molecule has 1 fully saturated rings. The summed E-state index contributed by atoms with van der Waals surface area (Å²) in [6.07, 6.45) is 0.232. The minimum Gasteiger partial charge on any atom is -0.338 e. The van der Waals surface area contributed by atoms with Gasteiger partial charge in [-0.15, -0.1) is 0 Å². The van der Waals surface area contributed by atoms with Gasteiger partial charge in [0.1, 0.15) is 0 Å². The summed E-state index contributed by atoms with van der Waals surface area (Å²) < 4.78 is 0. The summed E-state index contributed by atoms with van der Waals surface area (Å²) in [5.41, 5.74) is 7.23. The van der Waals surface area contributed by atoms with Gasteiger partial charge < -0.3 is 4.90 Å². The summed E-state index contributed by atoms with van der Waals surface area (Å²) in [4.78, 5) is 26.1. The quantitative estimate of drug-likeness (QED) is 0.821. The first-order valence-corrected chi connectivity index (χ1v) is 8.13. The average Bonchev–Trinajstić information content (AvgIpc) is 2.95. The molecule has 1 atom stereocenters. The van der Waals surface area contributed by atoms with Crippen molar-refractivity contribution in [3.63, 3.8) is 0 Å². The fourth-order valence-electron chi connectivity index (χ4n) is 2.71. The van der Waals surface area contributed by atoms with E-state index in [-0.39, 0.29) is 24.2 Å². The average molecular weight is 344 g/mol. The van der Waals surface area contributed by atoms with Crippen molar-refractivity contribution < 1.29 is 9.59 Å². The van der Waals surface area contributed by atoms with Crippen LogP contribution in [0.4, 0.5) is 5.69 Å². The molecule has 0 unspecified atom stereocenters. The Hall–Kier alpha value is -2.53. The smallest absolute Gasteiger partial charge is 0.243 e. The van der Waals surface area contributed by atoms with Crippen LogP contribution in [0.25, 0.3) is 0 Å². The number of nitrogens with one attached hydrogen (secondary N) is 2. The summed E-state index contributed by atoms with van der Waals surface area (Å²) >= 11 is 5.90. The van der Waals surface area contributed by atoms with Crippen LogP contribution in [-0.2, 0) is 16.1 Å². The van der Waals surface area contributed by atoms with Gasteiger partial charge in [0.25, 0.3) is 0 Å². The van der Waals surface area contributed by atoms with Crippen molar-refractivity contribution in [1.82, 2.24) is 10.3 Å². The van der Waals surface area contributed by atoms with Crippen molar-refractivity contribution >= 4 is 29.1 Å². The molecule has 1 heterocycles. The Morgan fingerprint density at radius 2 is 1.96 bits per heavy atom. The summed E-state index contributed by atoms with van der Waals surface area (Å²) in [7, 11) is 0. The lowest BCUT2D eigenvalue weighted by molar-refractivity contribution is -0.129. The summed E-state index contributed by atoms with van der Waals surface area (Å²) in [5.74, 6) is -0.548. The third-order valence-corrected chi connectivity index (χ3v) is 4.19. The third kappa shape index (κ3) is 4.06. The first kappa shape index (κ1) is 16.3. The van der Waals surface area contributed by atoms with Crippen LogP contribution in [0, 0.1) is 5.92 Å². The number of carbonyl (C=O) groups is 2. The molecule has 1 aliphatic heterocycles. The van der Waals surface area contributed by atoms with Gasteiger partial charge in [0.05, 0.1) is 11.6 Å². The molecule has 6 heteroatoms. The van der Waals surface area contributed by atoms with Crippen LogP contribution in [0.3, 0.4) is 0 Å². The molecule has 2 aromatic carbocycles. The molecule has 2 aromatic rings. The van der Waals surface area contributed by atoms with E-state index in [1.165, 1.54) is 0 Å². The highest BCUT2D eigenvalue weighted by atomic mass is 35.5. The molecular weight excluding hydrogens is 326 g/mol. The molecular formula is C18H18ClN3O2. The van der Waals surface area contributed by atoms with Crippen molar-refractivity contribution in [1.29, 1.82) is 0 Å². The molecule has 0 saturated carbocycles. The van der Waals surface area contributed by atoms with Gasteiger partial charge in [0, 0.05) is 24.5 Å². The highest BCUT2D eigenvalue weighted by Crippen LogP contribution is 2.20. The standard InChI is InChI=1S/C18H18ClN3O2/c19-15-7-4-8-16(10-15)20-21-18(24)14-9-17(23)22(12-14)11-13-5-2-1-3-6-13/h1-8,10,14,20H,9,11-12H2,(H,21,24)/t14-/m0/s1. The van der Waals surface area contributed by atoms with Crippen LogP contribution in [0.5, 0.6) is 0 Å². The maximum atomic E-state index is 12.3. The normalized spacial score (nSPS) is 17.0. The summed E-state index contributed by atoms with van der Waals surface area (Å²) in [6, 6.07) is 16.8. The monoisotopic (exact) mass is 343 g/mol. The minimum absolute atomic E-state index is 0.00163. The highest BCUT2D eigenvalue weighted by molar-refractivity contribution is 6.30. The van der Waals surface area contributed by atoms with E-state index in [0.717, 1.165) is 5.56 Å². The Bertz CT molecular complexity index is 736.